The molecule has 0 radical (unpaired) electrons. The molecule has 0 spiro atoms. The highest BCUT2D eigenvalue weighted by Crippen LogP contribution is 2.26. The summed E-state index contributed by atoms with van der Waals surface area (Å²) in [5.41, 5.74) is 1.47. The normalized spacial score (nSPS) is 11.0. The number of carbonyl (C=O) groups is 2. The first-order valence-electron chi connectivity index (χ1n) is 9.22. The highest BCUT2D eigenvalue weighted by Gasteiger charge is 2.15. The van der Waals surface area contributed by atoms with Crippen LogP contribution in [0.25, 0.3) is 22.1 Å². The average Bonchev–Trinajstić information content (AvgIpc) is 3.12. The van der Waals surface area contributed by atoms with Crippen molar-refractivity contribution in [2.75, 3.05) is 10.6 Å². The van der Waals surface area contributed by atoms with Crippen LogP contribution >= 0.6 is 11.6 Å². The molecule has 0 aliphatic rings. The van der Waals surface area contributed by atoms with Crippen molar-refractivity contribution in [3.63, 3.8) is 0 Å². The van der Waals surface area contributed by atoms with Crippen molar-refractivity contribution in [1.29, 1.82) is 0 Å². The van der Waals surface area contributed by atoms with Crippen LogP contribution in [0.2, 0.25) is 5.02 Å². The Balaban J connectivity index is 1.57. The Kier molecular flexibility index (Phi) is 5.24. The SMILES string of the molecule is CCC(=O)Nc1ccc(Cl)c(NC(=O)Cn2cnc3c(oc4ccccc43)c2=O)c1. The summed E-state index contributed by atoms with van der Waals surface area (Å²) in [6.07, 6.45) is 1.64. The second-order valence-electron chi connectivity index (χ2n) is 6.60. The maximum absolute atomic E-state index is 12.7. The summed E-state index contributed by atoms with van der Waals surface area (Å²) in [7, 11) is 0. The number of furan rings is 1. The molecule has 0 fully saturated rings. The third-order valence-corrected chi connectivity index (χ3v) is 4.84. The zero-order valence-electron chi connectivity index (χ0n) is 15.9. The lowest BCUT2D eigenvalue weighted by Gasteiger charge is -2.11. The molecule has 0 aliphatic carbocycles. The number of carbonyl (C=O) groups excluding carboxylic acids is 2. The average molecular weight is 425 g/mol. The van der Waals surface area contributed by atoms with Gasteiger partial charge in [-0.2, -0.15) is 0 Å². The van der Waals surface area contributed by atoms with Crippen LogP contribution in [-0.2, 0) is 16.1 Å². The molecule has 0 aliphatic heterocycles. The third kappa shape index (κ3) is 3.77. The summed E-state index contributed by atoms with van der Waals surface area (Å²) in [6, 6.07) is 12.0. The highest BCUT2D eigenvalue weighted by atomic mass is 35.5. The summed E-state index contributed by atoms with van der Waals surface area (Å²) in [5, 5.41) is 6.39. The molecule has 0 atom stereocenters. The predicted octanol–water partition coefficient (Wildman–Crippen LogP) is 3.78. The van der Waals surface area contributed by atoms with Crippen molar-refractivity contribution >= 4 is 56.9 Å². The fraction of sp³-hybridized carbons (Fsp3) is 0.143. The van der Waals surface area contributed by atoms with Gasteiger partial charge in [0.2, 0.25) is 17.4 Å². The van der Waals surface area contributed by atoms with E-state index in [1.165, 1.54) is 6.33 Å². The lowest BCUT2D eigenvalue weighted by Crippen LogP contribution is -2.27. The Morgan fingerprint density at radius 3 is 2.73 bits per heavy atom. The quantitative estimate of drug-likeness (QED) is 0.507. The monoisotopic (exact) mass is 424 g/mol. The van der Waals surface area contributed by atoms with Crippen LogP contribution in [0.1, 0.15) is 13.3 Å². The minimum absolute atomic E-state index is 0.0915. The third-order valence-electron chi connectivity index (χ3n) is 4.51. The van der Waals surface area contributed by atoms with Crippen molar-refractivity contribution in [3.8, 4) is 0 Å². The molecule has 0 saturated carbocycles. The number of anilines is 2. The molecule has 0 bridgehead atoms. The lowest BCUT2D eigenvalue weighted by molar-refractivity contribution is -0.117. The first-order chi connectivity index (χ1) is 14.5. The van der Waals surface area contributed by atoms with E-state index < -0.39 is 11.5 Å². The fourth-order valence-corrected chi connectivity index (χ4v) is 3.19. The van der Waals surface area contributed by atoms with E-state index >= 15 is 0 Å². The number of fused-ring (bicyclic) bond motifs is 3. The number of aromatic nitrogens is 2. The molecule has 9 heteroatoms. The molecule has 0 saturated heterocycles. The van der Waals surface area contributed by atoms with Gasteiger partial charge in [-0.3, -0.25) is 19.0 Å². The number of halogens is 1. The van der Waals surface area contributed by atoms with Crippen LogP contribution in [0.3, 0.4) is 0 Å². The van der Waals surface area contributed by atoms with Crippen LogP contribution in [0.4, 0.5) is 11.4 Å². The highest BCUT2D eigenvalue weighted by molar-refractivity contribution is 6.33. The van der Waals surface area contributed by atoms with Crippen LogP contribution in [-0.4, -0.2) is 21.4 Å². The Hall–Kier alpha value is -3.65. The number of hydrogen-bond donors (Lipinski definition) is 2. The van der Waals surface area contributed by atoms with Crippen molar-refractivity contribution in [1.82, 2.24) is 9.55 Å². The predicted molar refractivity (Wildman–Crippen MR) is 115 cm³/mol. The second-order valence-corrected chi connectivity index (χ2v) is 7.01. The van der Waals surface area contributed by atoms with Gasteiger partial charge in [-0.1, -0.05) is 30.7 Å². The smallest absolute Gasteiger partial charge is 0.297 e. The van der Waals surface area contributed by atoms with Crippen molar-refractivity contribution < 1.29 is 14.0 Å². The number of amides is 2. The largest absolute Gasteiger partial charge is 0.448 e. The van der Waals surface area contributed by atoms with Gasteiger partial charge in [-0.15, -0.1) is 0 Å². The topological polar surface area (TPSA) is 106 Å². The standard InChI is InChI=1S/C21H17ClN4O4/c1-2-17(27)24-12-7-8-14(22)15(9-12)25-18(28)10-26-11-23-19-13-5-3-4-6-16(13)30-20(19)21(26)29/h3-9,11H,2,10H2,1H3,(H,24,27)(H,25,28). The molecule has 2 amide bonds. The Labute approximate surface area is 175 Å². The van der Waals surface area contributed by atoms with Crippen molar-refractivity contribution in [2.45, 2.75) is 19.9 Å². The van der Waals surface area contributed by atoms with Crippen LogP contribution in [0.5, 0.6) is 0 Å². The molecule has 2 aromatic heterocycles. The number of rotatable bonds is 5. The Morgan fingerprint density at radius 2 is 1.93 bits per heavy atom. The molecule has 152 valence electrons. The van der Waals surface area contributed by atoms with Crippen molar-refractivity contribution in [3.05, 3.63) is 64.2 Å². The van der Waals surface area contributed by atoms with Gasteiger partial charge in [0.15, 0.2) is 0 Å². The van der Waals surface area contributed by atoms with E-state index in [1.54, 1.807) is 37.3 Å². The van der Waals surface area contributed by atoms with E-state index in [2.05, 4.69) is 15.6 Å². The van der Waals surface area contributed by atoms with Gasteiger partial charge in [0.25, 0.3) is 5.56 Å². The molecule has 2 heterocycles. The van der Waals surface area contributed by atoms with Gasteiger partial charge in [0.05, 0.1) is 17.0 Å². The van der Waals surface area contributed by atoms with Crippen LogP contribution in [0.15, 0.2) is 58.0 Å². The number of benzene rings is 2. The molecular formula is C21H17ClN4O4. The molecule has 2 aromatic carbocycles. The first kappa shape index (κ1) is 19.7. The molecule has 4 rings (SSSR count). The lowest BCUT2D eigenvalue weighted by atomic mass is 10.2. The number of nitrogens with one attached hydrogen (secondary N) is 2. The minimum atomic E-state index is -0.477. The Morgan fingerprint density at radius 1 is 1.13 bits per heavy atom. The second kappa shape index (κ2) is 8.00. The summed E-state index contributed by atoms with van der Waals surface area (Å²) in [5.74, 6) is -0.637. The maximum Gasteiger partial charge on any atom is 0.297 e. The molecule has 2 N–H and O–H groups in total. The van der Waals surface area contributed by atoms with E-state index in [9.17, 15) is 14.4 Å². The van der Waals surface area contributed by atoms with Gasteiger partial charge in [-0.25, -0.2) is 4.98 Å². The Bertz CT molecular complexity index is 1340. The van der Waals surface area contributed by atoms with Gasteiger partial charge in [0.1, 0.15) is 17.6 Å². The minimum Gasteiger partial charge on any atom is -0.448 e. The zero-order chi connectivity index (χ0) is 21.3. The molecule has 0 unspecified atom stereocenters. The molecule has 30 heavy (non-hydrogen) atoms. The molecular weight excluding hydrogens is 408 g/mol. The summed E-state index contributed by atoms with van der Waals surface area (Å²) in [6.45, 7) is 1.46. The van der Waals surface area contributed by atoms with E-state index in [-0.39, 0.29) is 18.0 Å². The van der Waals surface area contributed by atoms with Crippen LogP contribution < -0.4 is 16.2 Å². The van der Waals surface area contributed by atoms with E-state index in [0.717, 1.165) is 9.95 Å². The van der Waals surface area contributed by atoms with Crippen molar-refractivity contribution in [2.24, 2.45) is 0 Å². The summed E-state index contributed by atoms with van der Waals surface area (Å²) < 4.78 is 6.78. The van der Waals surface area contributed by atoms with Gasteiger partial charge < -0.3 is 15.1 Å². The van der Waals surface area contributed by atoms with E-state index in [4.69, 9.17) is 16.0 Å². The molecule has 4 aromatic rings. The maximum atomic E-state index is 12.7. The number of nitrogens with zero attached hydrogens (tertiary/aromatic N) is 2. The fourth-order valence-electron chi connectivity index (χ4n) is 3.02. The van der Waals surface area contributed by atoms with Gasteiger partial charge in [0, 0.05) is 17.5 Å². The first-order valence-corrected chi connectivity index (χ1v) is 9.60. The van der Waals surface area contributed by atoms with Gasteiger partial charge in [-0.05, 0) is 30.3 Å². The molecule has 8 nitrogen and oxygen atoms in total. The van der Waals surface area contributed by atoms with Gasteiger partial charge >= 0.3 is 0 Å². The zero-order valence-corrected chi connectivity index (χ0v) is 16.7. The van der Waals surface area contributed by atoms with E-state index in [1.807, 2.05) is 12.1 Å². The summed E-state index contributed by atoms with van der Waals surface area (Å²) >= 11 is 6.14. The van der Waals surface area contributed by atoms with Crippen LogP contribution in [0, 0.1) is 0 Å². The number of hydrogen-bond acceptors (Lipinski definition) is 5. The summed E-state index contributed by atoms with van der Waals surface area (Å²) in [4.78, 5) is 41.1. The van der Waals surface area contributed by atoms with E-state index in [0.29, 0.717) is 33.9 Å². The number of para-hydroxylation sites is 1.